The van der Waals surface area contributed by atoms with E-state index in [4.69, 9.17) is 4.74 Å². The Morgan fingerprint density at radius 3 is 2.28 bits per heavy atom. The summed E-state index contributed by atoms with van der Waals surface area (Å²) in [4.78, 5) is -1.99. The molecule has 1 rings (SSSR count). The topological polar surface area (TPSA) is 9.23 Å². The second-order valence-electron chi connectivity index (χ2n) is 3.35. The molecule has 0 saturated carbocycles. The predicted octanol–water partition coefficient (Wildman–Crippen LogP) is 4.93. The van der Waals surface area contributed by atoms with E-state index < -0.39 is 23.0 Å². The van der Waals surface area contributed by atoms with E-state index in [0.29, 0.717) is 0 Å². The molecular formula is C10H7Br2F5O. The molecule has 0 saturated heterocycles. The molecule has 1 nitrogen and oxygen atoms in total. The largest absolute Gasteiger partial charge is 0.496 e. The summed E-state index contributed by atoms with van der Waals surface area (Å²) in [5.41, 5.74) is -0.268. The lowest BCUT2D eigenvalue weighted by Crippen LogP contribution is -2.31. The first-order chi connectivity index (χ1) is 8.21. The molecule has 102 valence electrons. The lowest BCUT2D eigenvalue weighted by molar-refractivity contribution is -0.128. The van der Waals surface area contributed by atoms with E-state index in [9.17, 15) is 22.0 Å². The van der Waals surface area contributed by atoms with Crippen LogP contribution in [0.25, 0.3) is 0 Å². The highest BCUT2D eigenvalue weighted by Gasteiger charge is 2.49. The van der Waals surface area contributed by atoms with Gasteiger partial charge in [0.05, 0.1) is 11.6 Å². The van der Waals surface area contributed by atoms with Crippen molar-refractivity contribution in [2.24, 2.45) is 0 Å². The van der Waals surface area contributed by atoms with E-state index in [-0.39, 0.29) is 15.8 Å². The second kappa shape index (κ2) is 5.73. The van der Waals surface area contributed by atoms with Crippen molar-refractivity contribution in [3.63, 3.8) is 0 Å². The van der Waals surface area contributed by atoms with Gasteiger partial charge in [0.1, 0.15) is 16.4 Å². The lowest BCUT2D eigenvalue weighted by atomic mass is 10.1. The summed E-state index contributed by atoms with van der Waals surface area (Å²) >= 11 is 5.30. The third-order valence-electron chi connectivity index (χ3n) is 2.17. The van der Waals surface area contributed by atoms with Crippen molar-refractivity contribution < 1.29 is 26.7 Å². The Labute approximate surface area is 117 Å². The van der Waals surface area contributed by atoms with Gasteiger partial charge in [-0.15, -0.1) is 0 Å². The van der Waals surface area contributed by atoms with E-state index >= 15 is 0 Å². The molecule has 1 atom stereocenters. The molecule has 0 N–H and O–H groups in total. The maximum absolute atomic E-state index is 13.2. The molecule has 0 aliphatic heterocycles. The number of methoxy groups -OCH3 is 1. The SMILES string of the molecule is COc1cc(F)c(Br)cc1C(Br)C(F)(F)C(F)F. The first-order valence-electron chi connectivity index (χ1n) is 4.54. The summed E-state index contributed by atoms with van der Waals surface area (Å²) in [6.07, 6.45) is -3.85. The molecule has 0 spiro atoms. The van der Waals surface area contributed by atoms with Crippen LogP contribution in [-0.2, 0) is 0 Å². The molecule has 0 aromatic heterocycles. The van der Waals surface area contributed by atoms with E-state index in [1.807, 2.05) is 0 Å². The summed E-state index contributed by atoms with van der Waals surface area (Å²) in [6, 6.07) is 1.82. The van der Waals surface area contributed by atoms with Crippen molar-refractivity contribution >= 4 is 31.9 Å². The fraction of sp³-hybridized carbons (Fsp3) is 0.400. The lowest BCUT2D eigenvalue weighted by Gasteiger charge is -2.23. The highest BCUT2D eigenvalue weighted by Crippen LogP contribution is 2.46. The van der Waals surface area contributed by atoms with Gasteiger partial charge >= 0.3 is 12.3 Å². The molecule has 18 heavy (non-hydrogen) atoms. The molecule has 0 aliphatic rings. The normalized spacial score (nSPS) is 13.8. The minimum atomic E-state index is -4.30. The Hall–Kier alpha value is -0.370. The maximum atomic E-state index is 13.2. The van der Waals surface area contributed by atoms with Gasteiger partial charge in [0.2, 0.25) is 0 Å². The van der Waals surface area contributed by atoms with Crippen LogP contribution >= 0.6 is 31.9 Å². The second-order valence-corrected chi connectivity index (χ2v) is 5.12. The molecule has 0 fully saturated rings. The average molecular weight is 398 g/mol. The van der Waals surface area contributed by atoms with E-state index in [1.54, 1.807) is 0 Å². The molecule has 8 heteroatoms. The summed E-state index contributed by atoms with van der Waals surface area (Å²) in [6.45, 7) is 0. The van der Waals surface area contributed by atoms with Crippen LogP contribution in [0, 0.1) is 5.82 Å². The first-order valence-corrected chi connectivity index (χ1v) is 6.25. The predicted molar refractivity (Wildman–Crippen MR) is 63.3 cm³/mol. The standard InChI is InChI=1S/C10H7Br2F5O/c1-18-7-3-6(13)5(11)2-4(7)8(12)10(16,17)9(14)15/h2-3,8-9H,1H3. The zero-order chi connectivity index (χ0) is 14.1. The minimum Gasteiger partial charge on any atom is -0.496 e. The monoisotopic (exact) mass is 396 g/mol. The van der Waals surface area contributed by atoms with Gasteiger partial charge in [0, 0.05) is 11.6 Å². The highest BCUT2D eigenvalue weighted by atomic mass is 79.9. The third kappa shape index (κ3) is 2.96. The van der Waals surface area contributed by atoms with Crippen LogP contribution in [0.15, 0.2) is 16.6 Å². The van der Waals surface area contributed by atoms with Crippen molar-refractivity contribution in [1.82, 2.24) is 0 Å². The highest BCUT2D eigenvalue weighted by molar-refractivity contribution is 9.10. The molecule has 0 bridgehead atoms. The summed E-state index contributed by atoms with van der Waals surface area (Å²) in [7, 11) is 1.13. The van der Waals surface area contributed by atoms with Crippen molar-refractivity contribution in [2.75, 3.05) is 7.11 Å². The maximum Gasteiger partial charge on any atom is 0.323 e. The zero-order valence-electron chi connectivity index (χ0n) is 8.86. The van der Waals surface area contributed by atoms with Gasteiger partial charge in [-0.2, -0.15) is 8.78 Å². The average Bonchev–Trinajstić information content (AvgIpc) is 2.30. The van der Waals surface area contributed by atoms with Crippen LogP contribution in [0.1, 0.15) is 10.4 Å². The summed E-state index contributed by atoms with van der Waals surface area (Å²) in [5.74, 6) is -5.28. The quantitative estimate of drug-likeness (QED) is 0.517. The van der Waals surface area contributed by atoms with Crippen molar-refractivity contribution in [3.05, 3.63) is 28.0 Å². The fourth-order valence-electron chi connectivity index (χ4n) is 1.24. The van der Waals surface area contributed by atoms with Gasteiger partial charge < -0.3 is 4.74 Å². The number of benzene rings is 1. The van der Waals surface area contributed by atoms with Crippen LogP contribution in [-0.4, -0.2) is 19.5 Å². The number of rotatable bonds is 4. The Morgan fingerprint density at radius 1 is 1.28 bits per heavy atom. The molecule has 0 amide bonds. The molecule has 1 aromatic carbocycles. The van der Waals surface area contributed by atoms with E-state index in [2.05, 4.69) is 31.9 Å². The Balaban J connectivity index is 3.28. The van der Waals surface area contributed by atoms with E-state index in [1.165, 1.54) is 0 Å². The van der Waals surface area contributed by atoms with E-state index in [0.717, 1.165) is 19.2 Å². The minimum absolute atomic E-state index is 0.118. The Morgan fingerprint density at radius 2 is 1.83 bits per heavy atom. The molecular weight excluding hydrogens is 391 g/mol. The molecule has 0 heterocycles. The van der Waals surface area contributed by atoms with Crippen LogP contribution in [0.4, 0.5) is 22.0 Å². The number of alkyl halides is 5. The van der Waals surface area contributed by atoms with Crippen molar-refractivity contribution in [1.29, 1.82) is 0 Å². The molecule has 0 aliphatic carbocycles. The Bertz CT molecular complexity index is 439. The van der Waals surface area contributed by atoms with Crippen LogP contribution in [0.2, 0.25) is 0 Å². The van der Waals surface area contributed by atoms with Crippen molar-refractivity contribution in [2.45, 2.75) is 17.2 Å². The number of ether oxygens (including phenoxy) is 1. The summed E-state index contributed by atoms with van der Waals surface area (Å²) in [5, 5.41) is 0. The first kappa shape index (κ1) is 15.7. The molecule has 1 aromatic rings. The Kier molecular flexibility index (Phi) is 4.99. The number of hydrogen-bond acceptors (Lipinski definition) is 1. The number of halogens is 7. The molecule has 0 radical (unpaired) electrons. The van der Waals surface area contributed by atoms with Crippen LogP contribution in [0.3, 0.4) is 0 Å². The third-order valence-corrected chi connectivity index (χ3v) is 3.89. The zero-order valence-corrected chi connectivity index (χ0v) is 12.0. The van der Waals surface area contributed by atoms with Crippen LogP contribution in [0.5, 0.6) is 5.75 Å². The number of hydrogen-bond donors (Lipinski definition) is 0. The van der Waals surface area contributed by atoms with Gasteiger partial charge in [-0.3, -0.25) is 0 Å². The fourth-order valence-corrected chi connectivity index (χ4v) is 2.16. The van der Waals surface area contributed by atoms with Gasteiger partial charge in [-0.25, -0.2) is 13.2 Å². The van der Waals surface area contributed by atoms with Gasteiger partial charge in [-0.05, 0) is 22.0 Å². The van der Waals surface area contributed by atoms with Gasteiger partial charge in [0.15, 0.2) is 0 Å². The van der Waals surface area contributed by atoms with Gasteiger partial charge in [-0.1, -0.05) is 15.9 Å². The summed E-state index contributed by atoms with van der Waals surface area (Å²) < 4.78 is 68.7. The van der Waals surface area contributed by atoms with Crippen LogP contribution < -0.4 is 4.74 Å². The van der Waals surface area contributed by atoms with Crippen molar-refractivity contribution in [3.8, 4) is 5.75 Å². The molecule has 1 unspecified atom stereocenters. The smallest absolute Gasteiger partial charge is 0.323 e. The van der Waals surface area contributed by atoms with Gasteiger partial charge in [0.25, 0.3) is 0 Å².